The van der Waals surface area contributed by atoms with Crippen molar-refractivity contribution in [2.75, 3.05) is 13.1 Å². The molecule has 0 aliphatic carbocycles. The lowest BCUT2D eigenvalue weighted by Crippen LogP contribution is -3.12. The standard InChI is InChI=1S/C15H20N4O3/c1-9-6-12(10(2)21-9)15-18-17-13(22-15)8-19-5-3-4-11(7-19)14(16)20/h6,11H,3-5,7-8H2,1-2H3,(H2,16,20)/p+1/t11-/m1/s1. The Labute approximate surface area is 128 Å². The normalized spacial score (nSPS) is 21.9. The summed E-state index contributed by atoms with van der Waals surface area (Å²) in [5.74, 6) is 2.38. The monoisotopic (exact) mass is 305 g/mol. The first kappa shape index (κ1) is 14.8. The van der Waals surface area contributed by atoms with Crippen molar-refractivity contribution in [2.24, 2.45) is 11.7 Å². The number of amides is 1. The van der Waals surface area contributed by atoms with Crippen molar-refractivity contribution >= 4 is 5.91 Å². The van der Waals surface area contributed by atoms with Gasteiger partial charge in [0.25, 0.3) is 11.8 Å². The molecule has 22 heavy (non-hydrogen) atoms. The van der Waals surface area contributed by atoms with Crippen molar-refractivity contribution in [2.45, 2.75) is 33.2 Å². The number of carbonyl (C=O) groups is 1. The molecule has 7 nitrogen and oxygen atoms in total. The van der Waals surface area contributed by atoms with Crippen molar-refractivity contribution in [3.63, 3.8) is 0 Å². The Hall–Kier alpha value is -2.15. The van der Waals surface area contributed by atoms with Crippen LogP contribution in [0.3, 0.4) is 0 Å². The van der Waals surface area contributed by atoms with Crippen LogP contribution in [0.5, 0.6) is 0 Å². The Bertz CT molecular complexity index is 676. The van der Waals surface area contributed by atoms with Crippen LogP contribution < -0.4 is 10.6 Å². The summed E-state index contributed by atoms with van der Waals surface area (Å²) in [4.78, 5) is 12.6. The Balaban J connectivity index is 1.69. The van der Waals surface area contributed by atoms with Crippen LogP contribution in [-0.4, -0.2) is 29.2 Å². The van der Waals surface area contributed by atoms with E-state index in [1.165, 1.54) is 4.90 Å². The topological polar surface area (TPSA) is 99.6 Å². The molecule has 3 N–H and O–H groups in total. The zero-order valence-electron chi connectivity index (χ0n) is 12.9. The molecule has 0 radical (unpaired) electrons. The van der Waals surface area contributed by atoms with Crippen LogP contribution in [0.4, 0.5) is 0 Å². The predicted molar refractivity (Wildman–Crippen MR) is 77.8 cm³/mol. The molecule has 2 atom stereocenters. The van der Waals surface area contributed by atoms with Gasteiger partial charge in [-0.1, -0.05) is 0 Å². The van der Waals surface area contributed by atoms with E-state index in [1.54, 1.807) is 0 Å². The minimum absolute atomic E-state index is 0.0510. The molecular formula is C15H21N4O3+. The number of aromatic nitrogens is 2. The average Bonchev–Trinajstić information content (AvgIpc) is 3.05. The van der Waals surface area contributed by atoms with Gasteiger partial charge in [0, 0.05) is 0 Å². The minimum Gasteiger partial charge on any atom is -0.466 e. The first-order valence-electron chi connectivity index (χ1n) is 7.55. The fourth-order valence-electron chi connectivity index (χ4n) is 3.05. The minimum atomic E-state index is -0.215. The van der Waals surface area contributed by atoms with Crippen LogP contribution in [-0.2, 0) is 11.3 Å². The number of furan rings is 1. The number of piperidine rings is 1. The van der Waals surface area contributed by atoms with Gasteiger partial charge in [-0.05, 0) is 32.8 Å². The molecule has 1 amide bonds. The highest BCUT2D eigenvalue weighted by atomic mass is 16.4. The number of hydrogen-bond acceptors (Lipinski definition) is 5. The Morgan fingerprint density at radius 1 is 1.41 bits per heavy atom. The number of rotatable bonds is 4. The first-order chi connectivity index (χ1) is 10.5. The van der Waals surface area contributed by atoms with Crippen molar-refractivity contribution in [3.8, 4) is 11.5 Å². The number of nitrogens with one attached hydrogen (secondary N) is 1. The molecule has 0 spiro atoms. The summed E-state index contributed by atoms with van der Waals surface area (Å²) in [6, 6.07) is 1.89. The number of nitrogens with two attached hydrogens (primary N) is 1. The summed E-state index contributed by atoms with van der Waals surface area (Å²) in [5.41, 5.74) is 6.24. The molecule has 1 aliphatic heterocycles. The lowest BCUT2D eigenvalue weighted by atomic mass is 9.97. The summed E-state index contributed by atoms with van der Waals surface area (Å²) < 4.78 is 11.2. The number of aryl methyl sites for hydroxylation is 2. The highest BCUT2D eigenvalue weighted by molar-refractivity contribution is 5.76. The molecule has 7 heteroatoms. The summed E-state index contributed by atoms with van der Waals surface area (Å²) in [7, 11) is 0. The van der Waals surface area contributed by atoms with Crippen LogP contribution >= 0.6 is 0 Å². The smallest absolute Gasteiger partial charge is 0.271 e. The summed E-state index contributed by atoms with van der Waals surface area (Å²) in [6.45, 7) is 6.10. The molecule has 2 aromatic rings. The molecule has 2 aromatic heterocycles. The molecular weight excluding hydrogens is 284 g/mol. The third-order valence-corrected chi connectivity index (χ3v) is 4.16. The van der Waals surface area contributed by atoms with Gasteiger partial charge < -0.3 is 19.5 Å². The fraction of sp³-hybridized carbons (Fsp3) is 0.533. The van der Waals surface area contributed by atoms with Crippen molar-refractivity contribution in [1.29, 1.82) is 0 Å². The maximum absolute atomic E-state index is 11.3. The fourth-order valence-corrected chi connectivity index (χ4v) is 3.05. The summed E-state index contributed by atoms with van der Waals surface area (Å²) in [5, 5.41) is 8.21. The predicted octanol–water partition coefficient (Wildman–Crippen LogP) is 0.227. The van der Waals surface area contributed by atoms with Crippen molar-refractivity contribution in [3.05, 3.63) is 23.5 Å². The molecule has 3 rings (SSSR count). The van der Waals surface area contributed by atoms with E-state index in [9.17, 15) is 4.79 Å². The number of nitrogens with zero attached hydrogens (tertiary/aromatic N) is 2. The van der Waals surface area contributed by atoms with Crippen molar-refractivity contribution < 1.29 is 18.5 Å². The van der Waals surface area contributed by atoms with E-state index >= 15 is 0 Å². The van der Waals surface area contributed by atoms with E-state index in [-0.39, 0.29) is 11.8 Å². The number of likely N-dealkylation sites (tertiary alicyclic amines) is 1. The van der Waals surface area contributed by atoms with E-state index in [1.807, 2.05) is 19.9 Å². The number of primary amides is 1. The second kappa shape index (κ2) is 5.92. The molecule has 0 bridgehead atoms. The average molecular weight is 305 g/mol. The highest BCUT2D eigenvalue weighted by Crippen LogP contribution is 2.25. The van der Waals surface area contributed by atoms with Crippen LogP contribution in [0.25, 0.3) is 11.5 Å². The van der Waals surface area contributed by atoms with Gasteiger partial charge in [-0.3, -0.25) is 4.79 Å². The number of hydrogen-bond donors (Lipinski definition) is 2. The first-order valence-corrected chi connectivity index (χ1v) is 7.55. The van der Waals surface area contributed by atoms with Gasteiger partial charge in [0.1, 0.15) is 11.5 Å². The van der Waals surface area contributed by atoms with Gasteiger partial charge in [-0.2, -0.15) is 0 Å². The number of quaternary nitrogens is 1. The van der Waals surface area contributed by atoms with Crippen molar-refractivity contribution in [1.82, 2.24) is 10.2 Å². The maximum Gasteiger partial charge on any atom is 0.271 e. The van der Waals surface area contributed by atoms with Crippen LogP contribution in [0, 0.1) is 19.8 Å². The summed E-state index contributed by atoms with van der Waals surface area (Å²) in [6.07, 6.45) is 1.87. The van der Waals surface area contributed by atoms with Crippen LogP contribution in [0.1, 0.15) is 30.3 Å². The Kier molecular flexibility index (Phi) is 3.98. The van der Waals surface area contributed by atoms with Gasteiger partial charge >= 0.3 is 0 Å². The lowest BCUT2D eigenvalue weighted by molar-refractivity contribution is -0.922. The molecule has 1 unspecified atom stereocenters. The Morgan fingerprint density at radius 3 is 2.91 bits per heavy atom. The molecule has 1 saturated heterocycles. The van der Waals surface area contributed by atoms with E-state index < -0.39 is 0 Å². The maximum atomic E-state index is 11.3. The van der Waals surface area contributed by atoms with E-state index in [0.717, 1.165) is 43.0 Å². The zero-order valence-corrected chi connectivity index (χ0v) is 12.9. The van der Waals surface area contributed by atoms with Gasteiger partial charge in [-0.25, -0.2) is 0 Å². The SMILES string of the molecule is Cc1cc(-c2nnc(C[NH+]3CCC[C@@H](C(N)=O)C3)o2)c(C)o1. The molecule has 3 heterocycles. The van der Waals surface area contributed by atoms with E-state index in [4.69, 9.17) is 14.6 Å². The third kappa shape index (κ3) is 3.04. The quantitative estimate of drug-likeness (QED) is 0.842. The van der Waals surface area contributed by atoms with E-state index in [0.29, 0.717) is 18.3 Å². The second-order valence-electron chi connectivity index (χ2n) is 5.95. The van der Waals surface area contributed by atoms with Gasteiger partial charge in [-0.15, -0.1) is 10.2 Å². The highest BCUT2D eigenvalue weighted by Gasteiger charge is 2.28. The largest absolute Gasteiger partial charge is 0.466 e. The van der Waals surface area contributed by atoms with Crippen LogP contribution in [0.15, 0.2) is 14.9 Å². The molecule has 1 fully saturated rings. The second-order valence-corrected chi connectivity index (χ2v) is 5.95. The molecule has 0 aromatic carbocycles. The lowest BCUT2D eigenvalue weighted by Gasteiger charge is -2.26. The van der Waals surface area contributed by atoms with Gasteiger partial charge in [0.15, 0.2) is 6.54 Å². The molecule has 118 valence electrons. The van der Waals surface area contributed by atoms with Gasteiger partial charge in [0.2, 0.25) is 5.91 Å². The summed E-state index contributed by atoms with van der Waals surface area (Å²) >= 11 is 0. The molecule has 0 saturated carbocycles. The molecule has 1 aliphatic rings. The zero-order chi connectivity index (χ0) is 15.7. The van der Waals surface area contributed by atoms with E-state index in [2.05, 4.69) is 10.2 Å². The number of carbonyl (C=O) groups excluding carboxylic acids is 1. The Morgan fingerprint density at radius 2 is 2.23 bits per heavy atom. The van der Waals surface area contributed by atoms with Crippen LogP contribution in [0.2, 0.25) is 0 Å². The van der Waals surface area contributed by atoms with Gasteiger partial charge in [0.05, 0.1) is 24.6 Å². The third-order valence-electron chi connectivity index (χ3n) is 4.16.